The van der Waals surface area contributed by atoms with E-state index in [9.17, 15) is 5.11 Å². The van der Waals surface area contributed by atoms with E-state index in [1.807, 2.05) is 44.2 Å². The van der Waals surface area contributed by atoms with Crippen molar-refractivity contribution in [2.45, 2.75) is 20.0 Å². The van der Waals surface area contributed by atoms with Crippen LogP contribution in [0.5, 0.6) is 11.5 Å². The van der Waals surface area contributed by atoms with Crippen LogP contribution in [0.3, 0.4) is 0 Å². The second kappa shape index (κ2) is 5.70. The molecule has 0 aliphatic carbocycles. The maximum atomic E-state index is 10.7. The third kappa shape index (κ3) is 2.78. The Morgan fingerprint density at radius 2 is 1.86 bits per heavy atom. The molecule has 0 bridgehead atoms. The Bertz CT molecular complexity index is 682. The molecule has 3 nitrogen and oxygen atoms in total. The zero-order valence-corrected chi connectivity index (χ0v) is 13.6. The minimum Gasteiger partial charge on any atom is -0.486 e. The number of halogens is 1. The van der Waals surface area contributed by atoms with Gasteiger partial charge in [0.15, 0.2) is 11.5 Å². The number of aryl methyl sites for hydroxylation is 2. The monoisotopic (exact) mass is 348 g/mol. The highest BCUT2D eigenvalue weighted by Gasteiger charge is 2.21. The predicted octanol–water partition coefficient (Wildman–Crippen LogP) is 3.92. The van der Waals surface area contributed by atoms with Crippen LogP contribution in [-0.4, -0.2) is 18.3 Å². The Morgan fingerprint density at radius 3 is 2.67 bits per heavy atom. The summed E-state index contributed by atoms with van der Waals surface area (Å²) in [5.74, 6) is 1.38. The summed E-state index contributed by atoms with van der Waals surface area (Å²) in [6, 6.07) is 9.84. The molecule has 2 aromatic carbocycles. The van der Waals surface area contributed by atoms with Crippen molar-refractivity contribution >= 4 is 15.9 Å². The van der Waals surface area contributed by atoms with Crippen molar-refractivity contribution in [3.8, 4) is 11.5 Å². The summed E-state index contributed by atoms with van der Waals surface area (Å²) >= 11 is 3.49. The van der Waals surface area contributed by atoms with Crippen LogP contribution in [0.25, 0.3) is 0 Å². The van der Waals surface area contributed by atoms with Crippen LogP contribution in [0.2, 0.25) is 0 Å². The summed E-state index contributed by atoms with van der Waals surface area (Å²) < 4.78 is 12.0. The Balaban J connectivity index is 2.03. The van der Waals surface area contributed by atoms with Gasteiger partial charge in [0.05, 0.1) is 4.47 Å². The van der Waals surface area contributed by atoms with Gasteiger partial charge in [-0.1, -0.05) is 23.8 Å². The van der Waals surface area contributed by atoms with Crippen molar-refractivity contribution in [2.24, 2.45) is 0 Å². The van der Waals surface area contributed by atoms with E-state index in [0.717, 1.165) is 26.7 Å². The molecule has 3 rings (SSSR count). The van der Waals surface area contributed by atoms with Gasteiger partial charge in [-0.15, -0.1) is 0 Å². The van der Waals surface area contributed by atoms with Crippen molar-refractivity contribution in [3.63, 3.8) is 0 Å². The maximum Gasteiger partial charge on any atom is 0.175 e. The van der Waals surface area contributed by atoms with Crippen molar-refractivity contribution in [1.29, 1.82) is 0 Å². The summed E-state index contributed by atoms with van der Waals surface area (Å²) in [4.78, 5) is 0. The van der Waals surface area contributed by atoms with Crippen LogP contribution in [-0.2, 0) is 0 Å². The van der Waals surface area contributed by atoms with Gasteiger partial charge in [-0.25, -0.2) is 0 Å². The zero-order chi connectivity index (χ0) is 15.0. The molecule has 1 aliphatic heterocycles. The zero-order valence-electron chi connectivity index (χ0n) is 12.0. The SMILES string of the molecule is Cc1ccc(C)c(C(O)c2cc(Br)c3c(c2)OCCO3)c1. The number of aliphatic hydroxyl groups is 1. The van der Waals surface area contributed by atoms with Gasteiger partial charge in [0.1, 0.15) is 19.3 Å². The fourth-order valence-corrected chi connectivity index (χ4v) is 3.10. The van der Waals surface area contributed by atoms with Gasteiger partial charge < -0.3 is 14.6 Å². The van der Waals surface area contributed by atoms with Crippen LogP contribution >= 0.6 is 15.9 Å². The van der Waals surface area contributed by atoms with Crippen LogP contribution in [0.4, 0.5) is 0 Å². The lowest BCUT2D eigenvalue weighted by atomic mass is 9.95. The van der Waals surface area contributed by atoms with Crippen LogP contribution in [0.1, 0.15) is 28.4 Å². The summed E-state index contributed by atoms with van der Waals surface area (Å²) in [5.41, 5.74) is 3.91. The summed E-state index contributed by atoms with van der Waals surface area (Å²) in [6.45, 7) is 5.10. The van der Waals surface area contributed by atoms with Gasteiger partial charge in [0.2, 0.25) is 0 Å². The molecule has 110 valence electrons. The number of aliphatic hydroxyl groups excluding tert-OH is 1. The number of ether oxygens (including phenoxy) is 2. The van der Waals surface area contributed by atoms with Gasteiger partial charge >= 0.3 is 0 Å². The van der Waals surface area contributed by atoms with Crippen molar-refractivity contribution in [3.05, 3.63) is 57.1 Å². The van der Waals surface area contributed by atoms with E-state index < -0.39 is 6.10 Å². The lowest BCUT2D eigenvalue weighted by Crippen LogP contribution is -2.16. The predicted molar refractivity (Wildman–Crippen MR) is 85.1 cm³/mol. The molecule has 0 spiro atoms. The molecule has 0 saturated heterocycles. The molecule has 0 aromatic heterocycles. The molecule has 0 radical (unpaired) electrons. The fraction of sp³-hybridized carbons (Fsp3) is 0.294. The van der Waals surface area contributed by atoms with Crippen LogP contribution in [0, 0.1) is 13.8 Å². The van der Waals surface area contributed by atoms with Crippen molar-refractivity contribution in [1.82, 2.24) is 0 Å². The minimum absolute atomic E-state index is 0.530. The Morgan fingerprint density at radius 1 is 1.10 bits per heavy atom. The Kier molecular flexibility index (Phi) is 3.91. The molecule has 1 N–H and O–H groups in total. The third-order valence-electron chi connectivity index (χ3n) is 3.66. The van der Waals surface area contributed by atoms with Crippen LogP contribution < -0.4 is 9.47 Å². The topological polar surface area (TPSA) is 38.7 Å². The molecule has 1 heterocycles. The first-order valence-corrected chi connectivity index (χ1v) is 7.70. The van der Waals surface area contributed by atoms with E-state index in [1.165, 1.54) is 0 Å². The second-order valence-electron chi connectivity index (χ2n) is 5.29. The highest BCUT2D eigenvalue weighted by Crippen LogP contribution is 2.41. The average Bonchev–Trinajstić information content (AvgIpc) is 2.49. The first kappa shape index (κ1) is 14.4. The molecule has 21 heavy (non-hydrogen) atoms. The fourth-order valence-electron chi connectivity index (χ4n) is 2.52. The lowest BCUT2D eigenvalue weighted by Gasteiger charge is -2.22. The highest BCUT2D eigenvalue weighted by atomic mass is 79.9. The molecule has 1 aliphatic rings. The van der Waals surface area contributed by atoms with Gasteiger partial charge in [0, 0.05) is 0 Å². The molecule has 0 amide bonds. The average molecular weight is 349 g/mol. The first-order valence-electron chi connectivity index (χ1n) is 6.90. The number of benzene rings is 2. The molecule has 2 aromatic rings. The van der Waals surface area contributed by atoms with E-state index in [1.54, 1.807) is 0 Å². The highest BCUT2D eigenvalue weighted by molar-refractivity contribution is 9.10. The maximum absolute atomic E-state index is 10.7. The van der Waals surface area contributed by atoms with E-state index in [0.29, 0.717) is 24.7 Å². The normalized spacial score (nSPS) is 14.9. The lowest BCUT2D eigenvalue weighted by molar-refractivity contribution is 0.168. The molecule has 1 atom stereocenters. The largest absolute Gasteiger partial charge is 0.486 e. The van der Waals surface area contributed by atoms with Gasteiger partial charge in [-0.05, 0) is 58.6 Å². The summed E-state index contributed by atoms with van der Waals surface area (Å²) in [6.07, 6.45) is -0.683. The van der Waals surface area contributed by atoms with E-state index in [-0.39, 0.29) is 0 Å². The van der Waals surface area contributed by atoms with Gasteiger partial charge in [-0.3, -0.25) is 0 Å². The molecule has 4 heteroatoms. The smallest absolute Gasteiger partial charge is 0.175 e. The van der Waals surface area contributed by atoms with E-state index in [4.69, 9.17) is 9.47 Å². The molecule has 1 unspecified atom stereocenters. The molecular formula is C17H17BrO3. The number of hydrogen-bond acceptors (Lipinski definition) is 3. The molecule has 0 saturated carbocycles. The van der Waals surface area contributed by atoms with Gasteiger partial charge in [0.25, 0.3) is 0 Å². The number of fused-ring (bicyclic) bond motifs is 1. The van der Waals surface area contributed by atoms with Crippen molar-refractivity contribution in [2.75, 3.05) is 13.2 Å². The number of hydrogen-bond donors (Lipinski definition) is 1. The first-order chi connectivity index (χ1) is 10.1. The van der Waals surface area contributed by atoms with E-state index >= 15 is 0 Å². The quantitative estimate of drug-likeness (QED) is 0.893. The molecule has 0 fully saturated rings. The third-order valence-corrected chi connectivity index (χ3v) is 4.25. The minimum atomic E-state index is -0.683. The van der Waals surface area contributed by atoms with Crippen molar-refractivity contribution < 1.29 is 14.6 Å². The second-order valence-corrected chi connectivity index (χ2v) is 6.14. The number of rotatable bonds is 2. The molecular weight excluding hydrogens is 332 g/mol. The Labute approximate surface area is 132 Å². The Hall–Kier alpha value is -1.52. The summed E-state index contributed by atoms with van der Waals surface area (Å²) in [7, 11) is 0. The standard InChI is InChI=1S/C17H17BrO3/c1-10-3-4-11(2)13(7-10)16(19)12-8-14(18)17-15(9-12)20-5-6-21-17/h3-4,7-9,16,19H,5-6H2,1-2H3. The van der Waals surface area contributed by atoms with E-state index in [2.05, 4.69) is 15.9 Å². The summed E-state index contributed by atoms with van der Waals surface area (Å²) in [5, 5.41) is 10.7. The van der Waals surface area contributed by atoms with Gasteiger partial charge in [-0.2, -0.15) is 0 Å². The van der Waals surface area contributed by atoms with Crippen LogP contribution in [0.15, 0.2) is 34.8 Å².